The Hall–Kier alpha value is -2.33. The fourth-order valence-electron chi connectivity index (χ4n) is 2.39. The number of benzene rings is 1. The number of carbonyl (C=O) groups excluding carboxylic acids is 1. The van der Waals surface area contributed by atoms with Crippen LogP contribution < -0.4 is 0 Å². The van der Waals surface area contributed by atoms with Crippen LogP contribution in [0.2, 0.25) is 5.02 Å². The molecule has 0 radical (unpaired) electrons. The van der Waals surface area contributed by atoms with Crippen LogP contribution in [0.4, 0.5) is 0 Å². The van der Waals surface area contributed by atoms with Gasteiger partial charge in [-0.2, -0.15) is 5.10 Å². The third kappa shape index (κ3) is 2.70. The minimum atomic E-state index is -0.153. The summed E-state index contributed by atoms with van der Waals surface area (Å²) in [6, 6.07) is 15.5. The number of halogens is 1. The van der Waals surface area contributed by atoms with Gasteiger partial charge in [0.1, 0.15) is 0 Å². The zero-order valence-corrected chi connectivity index (χ0v) is 13.0. The van der Waals surface area contributed by atoms with Crippen molar-refractivity contribution in [3.8, 4) is 0 Å². The van der Waals surface area contributed by atoms with Gasteiger partial charge in [0.2, 0.25) is 0 Å². The quantitative estimate of drug-likeness (QED) is 0.737. The van der Waals surface area contributed by atoms with Crippen molar-refractivity contribution in [2.75, 3.05) is 6.54 Å². The second kappa shape index (κ2) is 6.20. The van der Waals surface area contributed by atoms with E-state index in [2.05, 4.69) is 5.10 Å². The van der Waals surface area contributed by atoms with Crippen LogP contribution in [-0.2, 0) is 6.54 Å². The Balaban J connectivity index is 1.91. The highest BCUT2D eigenvalue weighted by atomic mass is 35.5. The minimum Gasteiger partial charge on any atom is -0.333 e. The van der Waals surface area contributed by atoms with E-state index < -0.39 is 0 Å². The molecule has 0 aliphatic rings. The van der Waals surface area contributed by atoms with Gasteiger partial charge in [0.05, 0.1) is 10.5 Å². The smallest absolute Gasteiger partial charge is 0.276 e. The molecule has 0 aliphatic heterocycles. The van der Waals surface area contributed by atoms with Gasteiger partial charge in [-0.3, -0.25) is 4.79 Å². The third-order valence-electron chi connectivity index (χ3n) is 3.57. The lowest BCUT2D eigenvalue weighted by Crippen LogP contribution is -2.30. The number of aromatic nitrogens is 2. The maximum Gasteiger partial charge on any atom is 0.276 e. The Bertz CT molecular complexity index is 798. The first-order valence-corrected chi connectivity index (χ1v) is 7.54. The van der Waals surface area contributed by atoms with E-state index in [0.29, 0.717) is 23.8 Å². The molecular weight excluding hydrogens is 298 g/mol. The first-order chi connectivity index (χ1) is 10.7. The van der Waals surface area contributed by atoms with Gasteiger partial charge in [0, 0.05) is 19.3 Å². The summed E-state index contributed by atoms with van der Waals surface area (Å²) < 4.78 is 1.63. The minimum absolute atomic E-state index is 0.153. The Kier molecular flexibility index (Phi) is 4.11. The number of hydrogen-bond acceptors (Lipinski definition) is 2. The van der Waals surface area contributed by atoms with E-state index in [0.717, 1.165) is 11.1 Å². The normalized spacial score (nSPS) is 10.8. The molecule has 0 unspecified atom stereocenters. The van der Waals surface area contributed by atoms with Gasteiger partial charge in [-0.15, -0.1) is 0 Å². The molecule has 2 heterocycles. The van der Waals surface area contributed by atoms with Gasteiger partial charge in [0.15, 0.2) is 5.69 Å². The number of pyridine rings is 1. The Morgan fingerprint density at radius 2 is 1.91 bits per heavy atom. The average molecular weight is 314 g/mol. The van der Waals surface area contributed by atoms with Crippen LogP contribution in [0.1, 0.15) is 23.0 Å². The molecule has 3 aromatic rings. The Morgan fingerprint density at radius 1 is 1.18 bits per heavy atom. The van der Waals surface area contributed by atoms with Crippen molar-refractivity contribution in [1.82, 2.24) is 14.5 Å². The standard InChI is InChI=1S/C17H16ClN3O/c1-2-20(12-13-8-4-3-5-9-13)17(22)16-15(18)14-10-6-7-11-21(14)19-16/h3-11H,2,12H2,1H3. The lowest BCUT2D eigenvalue weighted by atomic mass is 10.2. The van der Waals surface area contributed by atoms with E-state index in [9.17, 15) is 4.79 Å². The molecule has 0 N–H and O–H groups in total. The van der Waals surface area contributed by atoms with Crippen molar-refractivity contribution in [1.29, 1.82) is 0 Å². The highest BCUT2D eigenvalue weighted by molar-refractivity contribution is 6.36. The van der Waals surface area contributed by atoms with Gasteiger partial charge < -0.3 is 4.90 Å². The monoisotopic (exact) mass is 313 g/mol. The lowest BCUT2D eigenvalue weighted by molar-refractivity contribution is 0.0746. The molecule has 0 bridgehead atoms. The number of rotatable bonds is 4. The summed E-state index contributed by atoms with van der Waals surface area (Å²) in [4.78, 5) is 14.5. The predicted octanol–water partition coefficient (Wildman–Crippen LogP) is 3.65. The maximum atomic E-state index is 12.7. The summed E-state index contributed by atoms with van der Waals surface area (Å²) in [5.74, 6) is -0.153. The molecule has 3 rings (SSSR count). The van der Waals surface area contributed by atoms with Crippen molar-refractivity contribution >= 4 is 23.0 Å². The fourth-order valence-corrected chi connectivity index (χ4v) is 2.65. The van der Waals surface area contributed by atoms with Crippen molar-refractivity contribution in [3.63, 3.8) is 0 Å². The summed E-state index contributed by atoms with van der Waals surface area (Å²) in [6.45, 7) is 3.09. The second-order valence-electron chi connectivity index (χ2n) is 5.00. The van der Waals surface area contributed by atoms with Crippen molar-refractivity contribution < 1.29 is 4.79 Å². The van der Waals surface area contributed by atoms with E-state index in [4.69, 9.17) is 11.6 Å². The van der Waals surface area contributed by atoms with Crippen molar-refractivity contribution in [2.45, 2.75) is 13.5 Å². The number of amides is 1. The molecule has 4 nitrogen and oxygen atoms in total. The molecule has 0 fully saturated rings. The topological polar surface area (TPSA) is 37.6 Å². The summed E-state index contributed by atoms with van der Waals surface area (Å²) in [7, 11) is 0. The van der Waals surface area contributed by atoms with E-state index in [1.807, 2.05) is 55.5 Å². The van der Waals surface area contributed by atoms with E-state index in [1.54, 1.807) is 15.6 Å². The van der Waals surface area contributed by atoms with Crippen LogP contribution in [0.25, 0.3) is 5.52 Å². The average Bonchev–Trinajstić information content (AvgIpc) is 2.90. The van der Waals surface area contributed by atoms with Crippen LogP contribution in [-0.4, -0.2) is 27.0 Å². The molecule has 112 valence electrons. The zero-order chi connectivity index (χ0) is 15.5. The SMILES string of the molecule is CCN(Cc1ccccc1)C(=O)c1nn2ccccc2c1Cl. The van der Waals surface area contributed by atoms with Crippen LogP contribution >= 0.6 is 11.6 Å². The van der Waals surface area contributed by atoms with Gasteiger partial charge in [-0.05, 0) is 24.6 Å². The third-order valence-corrected chi connectivity index (χ3v) is 3.94. The van der Waals surface area contributed by atoms with Gasteiger partial charge in [0.25, 0.3) is 5.91 Å². The van der Waals surface area contributed by atoms with Crippen LogP contribution in [0.3, 0.4) is 0 Å². The molecule has 0 saturated carbocycles. The number of nitrogens with zero attached hydrogens (tertiary/aromatic N) is 3. The summed E-state index contributed by atoms with van der Waals surface area (Å²) in [6.07, 6.45) is 1.78. The summed E-state index contributed by atoms with van der Waals surface area (Å²) in [5.41, 5.74) is 2.12. The molecule has 5 heteroatoms. The molecular formula is C17H16ClN3O. The largest absolute Gasteiger partial charge is 0.333 e. The van der Waals surface area contributed by atoms with Crippen LogP contribution in [0, 0.1) is 0 Å². The molecule has 1 amide bonds. The first kappa shape index (κ1) is 14.6. The molecule has 0 saturated heterocycles. The predicted molar refractivity (Wildman–Crippen MR) is 87.1 cm³/mol. The Morgan fingerprint density at radius 3 is 2.59 bits per heavy atom. The molecule has 0 atom stereocenters. The summed E-state index contributed by atoms with van der Waals surface area (Å²) in [5, 5.41) is 4.72. The van der Waals surface area contributed by atoms with E-state index in [1.165, 1.54) is 0 Å². The van der Waals surface area contributed by atoms with Crippen molar-refractivity contribution in [2.24, 2.45) is 0 Å². The fraction of sp³-hybridized carbons (Fsp3) is 0.176. The Labute approximate surface area is 133 Å². The van der Waals surface area contributed by atoms with Gasteiger partial charge >= 0.3 is 0 Å². The van der Waals surface area contributed by atoms with Crippen LogP contribution in [0.15, 0.2) is 54.7 Å². The molecule has 22 heavy (non-hydrogen) atoms. The zero-order valence-electron chi connectivity index (χ0n) is 12.2. The molecule has 0 spiro atoms. The molecule has 1 aromatic carbocycles. The molecule has 2 aromatic heterocycles. The highest BCUT2D eigenvalue weighted by Gasteiger charge is 2.22. The number of fused-ring (bicyclic) bond motifs is 1. The first-order valence-electron chi connectivity index (χ1n) is 7.16. The van der Waals surface area contributed by atoms with Gasteiger partial charge in [-0.1, -0.05) is 48.0 Å². The van der Waals surface area contributed by atoms with E-state index >= 15 is 0 Å². The maximum absolute atomic E-state index is 12.7. The second-order valence-corrected chi connectivity index (χ2v) is 5.38. The summed E-state index contributed by atoms with van der Waals surface area (Å²) >= 11 is 6.33. The number of hydrogen-bond donors (Lipinski definition) is 0. The lowest BCUT2D eigenvalue weighted by Gasteiger charge is -2.20. The molecule has 0 aliphatic carbocycles. The van der Waals surface area contributed by atoms with Gasteiger partial charge in [-0.25, -0.2) is 4.52 Å². The van der Waals surface area contributed by atoms with E-state index in [-0.39, 0.29) is 5.91 Å². The highest BCUT2D eigenvalue weighted by Crippen LogP contribution is 2.23. The number of carbonyl (C=O) groups is 1. The van der Waals surface area contributed by atoms with Crippen LogP contribution in [0.5, 0.6) is 0 Å². The van der Waals surface area contributed by atoms with Crippen molar-refractivity contribution in [3.05, 3.63) is 71.0 Å².